The van der Waals surface area contributed by atoms with Crippen LogP contribution in [-0.4, -0.2) is 17.1 Å². The zero-order chi connectivity index (χ0) is 15.6. The van der Waals surface area contributed by atoms with E-state index in [2.05, 4.69) is 15.9 Å². The quantitative estimate of drug-likeness (QED) is 0.770. The molecule has 1 aromatic heterocycles. The first-order valence-corrected chi connectivity index (χ1v) is 7.51. The Kier molecular flexibility index (Phi) is 4.83. The Morgan fingerprint density at radius 3 is 2.48 bits per heavy atom. The molecule has 112 valence electrons. The summed E-state index contributed by atoms with van der Waals surface area (Å²) in [5.74, 6) is -0.614. The van der Waals surface area contributed by atoms with Gasteiger partial charge in [-0.25, -0.2) is 9.18 Å². The Balaban J connectivity index is 2.44. The molecule has 1 aromatic carbocycles. The van der Waals surface area contributed by atoms with Crippen LogP contribution in [0.15, 0.2) is 28.7 Å². The summed E-state index contributed by atoms with van der Waals surface area (Å²) >= 11 is 3.51. The van der Waals surface area contributed by atoms with Gasteiger partial charge in [0, 0.05) is 16.7 Å². The summed E-state index contributed by atoms with van der Waals surface area (Å²) in [5.41, 5.74) is 3.26. The highest BCUT2D eigenvalue weighted by Crippen LogP contribution is 2.28. The molecule has 0 saturated carbocycles. The lowest BCUT2D eigenvalue weighted by atomic mass is 10.2. The van der Waals surface area contributed by atoms with Crippen LogP contribution in [0.2, 0.25) is 0 Å². The van der Waals surface area contributed by atoms with Crippen LogP contribution in [-0.2, 0) is 11.3 Å². The van der Waals surface area contributed by atoms with Crippen molar-refractivity contribution < 1.29 is 13.9 Å². The van der Waals surface area contributed by atoms with Gasteiger partial charge in [0.05, 0.1) is 6.61 Å². The minimum absolute atomic E-state index is 0.272. The average molecular weight is 354 g/mol. The Bertz CT molecular complexity index is 662. The third-order valence-corrected chi connectivity index (χ3v) is 4.57. The second-order valence-corrected chi connectivity index (χ2v) is 5.60. The Morgan fingerprint density at radius 2 is 1.90 bits per heavy atom. The SMILES string of the molecule is CCOC(=O)c1c(C)c(Br)c(C)n1Cc1ccc(F)cc1. The molecule has 0 aliphatic rings. The molecular weight excluding hydrogens is 337 g/mol. The van der Waals surface area contributed by atoms with Crippen molar-refractivity contribution in [3.05, 3.63) is 57.1 Å². The maximum absolute atomic E-state index is 13.0. The van der Waals surface area contributed by atoms with Crippen molar-refractivity contribution in [2.45, 2.75) is 27.3 Å². The Hall–Kier alpha value is -1.62. The number of aromatic nitrogens is 1. The molecule has 0 spiro atoms. The zero-order valence-corrected chi connectivity index (χ0v) is 13.8. The van der Waals surface area contributed by atoms with Gasteiger partial charge in [-0.1, -0.05) is 12.1 Å². The Morgan fingerprint density at radius 1 is 1.29 bits per heavy atom. The Labute approximate surface area is 131 Å². The van der Waals surface area contributed by atoms with Crippen LogP contribution in [0.3, 0.4) is 0 Å². The van der Waals surface area contributed by atoms with E-state index in [1.54, 1.807) is 19.1 Å². The van der Waals surface area contributed by atoms with Gasteiger partial charge in [-0.3, -0.25) is 0 Å². The predicted molar refractivity (Wildman–Crippen MR) is 83.1 cm³/mol. The third kappa shape index (κ3) is 3.18. The molecule has 0 unspecified atom stereocenters. The standard InChI is InChI=1S/C16H17BrFNO2/c1-4-21-16(20)15-10(2)14(17)11(3)19(15)9-12-5-7-13(18)8-6-12/h5-8H,4,9H2,1-3H3. The number of carbonyl (C=O) groups excluding carboxylic acids is 1. The van der Waals surface area contributed by atoms with Crippen molar-refractivity contribution in [1.29, 1.82) is 0 Å². The molecule has 2 aromatic rings. The first-order valence-electron chi connectivity index (χ1n) is 6.72. The maximum atomic E-state index is 13.0. The second-order valence-electron chi connectivity index (χ2n) is 4.81. The van der Waals surface area contributed by atoms with Crippen LogP contribution in [0.4, 0.5) is 4.39 Å². The first kappa shape index (κ1) is 15.8. The predicted octanol–water partition coefficient (Wildman–Crippen LogP) is 4.23. The molecule has 0 aliphatic carbocycles. The van der Waals surface area contributed by atoms with E-state index in [0.717, 1.165) is 21.3 Å². The molecular formula is C16H17BrFNO2. The minimum Gasteiger partial charge on any atom is -0.461 e. The van der Waals surface area contributed by atoms with E-state index in [4.69, 9.17) is 4.74 Å². The number of nitrogens with zero attached hydrogens (tertiary/aromatic N) is 1. The average Bonchev–Trinajstić information content (AvgIpc) is 2.66. The van der Waals surface area contributed by atoms with E-state index in [-0.39, 0.29) is 11.8 Å². The number of halogens is 2. The van der Waals surface area contributed by atoms with Gasteiger partial charge < -0.3 is 9.30 Å². The lowest BCUT2D eigenvalue weighted by Gasteiger charge is -2.11. The number of carbonyl (C=O) groups is 1. The summed E-state index contributed by atoms with van der Waals surface area (Å²) < 4.78 is 20.9. The number of rotatable bonds is 4. The number of esters is 1. The van der Waals surface area contributed by atoms with Crippen molar-refractivity contribution in [2.75, 3.05) is 6.61 Å². The van der Waals surface area contributed by atoms with Crippen LogP contribution < -0.4 is 0 Å². The molecule has 1 heterocycles. The summed E-state index contributed by atoms with van der Waals surface area (Å²) in [6.07, 6.45) is 0. The van der Waals surface area contributed by atoms with Gasteiger partial charge in [0.2, 0.25) is 0 Å². The molecule has 2 rings (SSSR count). The van der Waals surface area contributed by atoms with Crippen molar-refractivity contribution in [2.24, 2.45) is 0 Å². The summed E-state index contributed by atoms with van der Waals surface area (Å²) in [7, 11) is 0. The molecule has 3 nitrogen and oxygen atoms in total. The molecule has 0 aliphatic heterocycles. The number of hydrogen-bond donors (Lipinski definition) is 0. The molecule has 0 radical (unpaired) electrons. The highest BCUT2D eigenvalue weighted by atomic mass is 79.9. The zero-order valence-electron chi connectivity index (χ0n) is 12.2. The van der Waals surface area contributed by atoms with Gasteiger partial charge in [-0.05, 0) is 60.0 Å². The fourth-order valence-electron chi connectivity index (χ4n) is 2.30. The lowest BCUT2D eigenvalue weighted by Crippen LogP contribution is -2.15. The molecule has 0 fully saturated rings. The van der Waals surface area contributed by atoms with E-state index in [0.29, 0.717) is 18.8 Å². The molecule has 0 atom stereocenters. The fraction of sp³-hybridized carbons (Fsp3) is 0.312. The lowest BCUT2D eigenvalue weighted by molar-refractivity contribution is 0.0513. The van der Waals surface area contributed by atoms with E-state index in [1.165, 1.54) is 12.1 Å². The van der Waals surface area contributed by atoms with E-state index in [9.17, 15) is 9.18 Å². The minimum atomic E-state index is -0.342. The van der Waals surface area contributed by atoms with Gasteiger partial charge in [-0.2, -0.15) is 0 Å². The topological polar surface area (TPSA) is 31.2 Å². The molecule has 0 N–H and O–H groups in total. The number of benzene rings is 1. The van der Waals surface area contributed by atoms with Crippen LogP contribution >= 0.6 is 15.9 Å². The molecule has 5 heteroatoms. The molecule has 0 amide bonds. The summed E-state index contributed by atoms with van der Waals surface area (Å²) in [5, 5.41) is 0. The third-order valence-electron chi connectivity index (χ3n) is 3.40. The number of hydrogen-bond acceptors (Lipinski definition) is 2. The van der Waals surface area contributed by atoms with E-state index in [1.807, 2.05) is 18.4 Å². The van der Waals surface area contributed by atoms with Crippen molar-refractivity contribution in [3.63, 3.8) is 0 Å². The largest absolute Gasteiger partial charge is 0.461 e. The van der Waals surface area contributed by atoms with Crippen molar-refractivity contribution in [1.82, 2.24) is 4.57 Å². The van der Waals surface area contributed by atoms with Gasteiger partial charge in [0.15, 0.2) is 0 Å². The summed E-state index contributed by atoms with van der Waals surface area (Å²) in [4.78, 5) is 12.2. The molecule has 21 heavy (non-hydrogen) atoms. The van der Waals surface area contributed by atoms with Gasteiger partial charge in [0.1, 0.15) is 11.5 Å². The second kappa shape index (κ2) is 6.43. The van der Waals surface area contributed by atoms with Crippen LogP contribution in [0.1, 0.15) is 34.2 Å². The van der Waals surface area contributed by atoms with Gasteiger partial charge in [0.25, 0.3) is 0 Å². The smallest absolute Gasteiger partial charge is 0.355 e. The van der Waals surface area contributed by atoms with Crippen molar-refractivity contribution >= 4 is 21.9 Å². The van der Waals surface area contributed by atoms with Gasteiger partial charge in [-0.15, -0.1) is 0 Å². The summed E-state index contributed by atoms with van der Waals surface area (Å²) in [6.45, 7) is 6.42. The molecule has 0 bridgehead atoms. The first-order chi connectivity index (χ1) is 9.95. The van der Waals surface area contributed by atoms with Crippen LogP contribution in [0.5, 0.6) is 0 Å². The summed E-state index contributed by atoms with van der Waals surface area (Å²) in [6, 6.07) is 6.26. The monoisotopic (exact) mass is 353 g/mol. The molecule has 0 saturated heterocycles. The van der Waals surface area contributed by atoms with Crippen molar-refractivity contribution in [3.8, 4) is 0 Å². The van der Waals surface area contributed by atoms with Gasteiger partial charge >= 0.3 is 5.97 Å². The normalized spacial score (nSPS) is 10.7. The fourth-order valence-corrected chi connectivity index (χ4v) is 2.70. The highest BCUT2D eigenvalue weighted by Gasteiger charge is 2.22. The number of ether oxygens (including phenoxy) is 1. The highest BCUT2D eigenvalue weighted by molar-refractivity contribution is 9.10. The van der Waals surface area contributed by atoms with Crippen LogP contribution in [0.25, 0.3) is 0 Å². The van der Waals surface area contributed by atoms with E-state index >= 15 is 0 Å². The maximum Gasteiger partial charge on any atom is 0.355 e. The van der Waals surface area contributed by atoms with Crippen LogP contribution in [0, 0.1) is 19.7 Å². The van der Waals surface area contributed by atoms with E-state index < -0.39 is 0 Å².